The molecule has 2 saturated heterocycles. The highest BCUT2D eigenvalue weighted by molar-refractivity contribution is 5.90. The summed E-state index contributed by atoms with van der Waals surface area (Å²) in [6.07, 6.45) is 2.28. The molecule has 2 heterocycles. The average molecular weight is 318 g/mol. The third kappa shape index (κ3) is 2.78. The van der Waals surface area contributed by atoms with E-state index in [1.54, 1.807) is 23.1 Å². The van der Waals surface area contributed by atoms with Crippen molar-refractivity contribution in [3.8, 4) is 5.75 Å². The van der Waals surface area contributed by atoms with Crippen LogP contribution in [0.4, 0.5) is 4.39 Å². The number of halogens is 1. The van der Waals surface area contributed by atoms with Crippen molar-refractivity contribution >= 4 is 11.8 Å². The van der Waals surface area contributed by atoms with E-state index in [9.17, 15) is 14.0 Å². The summed E-state index contributed by atoms with van der Waals surface area (Å²) >= 11 is 0. The number of ether oxygens (including phenoxy) is 1. The van der Waals surface area contributed by atoms with Gasteiger partial charge in [-0.25, -0.2) is 4.39 Å². The zero-order valence-corrected chi connectivity index (χ0v) is 12.8. The molecular formula is C17H19FN2O3. The van der Waals surface area contributed by atoms with Crippen molar-refractivity contribution in [1.82, 2.24) is 9.80 Å². The number of benzene rings is 1. The Labute approximate surface area is 134 Å². The van der Waals surface area contributed by atoms with Crippen LogP contribution in [0.1, 0.15) is 19.3 Å². The molecule has 1 aromatic rings. The van der Waals surface area contributed by atoms with E-state index in [1.807, 2.05) is 4.90 Å². The first-order valence-corrected chi connectivity index (χ1v) is 8.11. The van der Waals surface area contributed by atoms with Crippen LogP contribution in [0.5, 0.6) is 5.75 Å². The highest BCUT2D eigenvalue weighted by Crippen LogP contribution is 2.33. The summed E-state index contributed by atoms with van der Waals surface area (Å²) in [6.45, 7) is 1.47. The van der Waals surface area contributed by atoms with Gasteiger partial charge >= 0.3 is 0 Å². The summed E-state index contributed by atoms with van der Waals surface area (Å²) in [5, 5.41) is 0. The van der Waals surface area contributed by atoms with Gasteiger partial charge in [-0.3, -0.25) is 9.59 Å². The lowest BCUT2D eigenvalue weighted by molar-refractivity contribution is -0.144. The van der Waals surface area contributed by atoms with Gasteiger partial charge in [0, 0.05) is 19.0 Å². The maximum Gasteiger partial charge on any atom is 0.228 e. The molecule has 1 unspecified atom stereocenters. The first kappa shape index (κ1) is 14.5. The molecule has 0 aromatic heterocycles. The summed E-state index contributed by atoms with van der Waals surface area (Å²) in [7, 11) is 0. The zero-order valence-electron chi connectivity index (χ0n) is 12.8. The van der Waals surface area contributed by atoms with Crippen molar-refractivity contribution in [3.63, 3.8) is 0 Å². The monoisotopic (exact) mass is 318 g/mol. The van der Waals surface area contributed by atoms with Gasteiger partial charge in [0.2, 0.25) is 11.8 Å². The summed E-state index contributed by atoms with van der Waals surface area (Å²) in [5.74, 6) is -0.266. The molecule has 0 spiro atoms. The molecule has 122 valence electrons. The molecule has 1 saturated carbocycles. The largest absolute Gasteiger partial charge is 0.484 e. The van der Waals surface area contributed by atoms with Crippen molar-refractivity contribution in [2.45, 2.75) is 31.4 Å². The number of hydrogen-bond donors (Lipinski definition) is 0. The minimum Gasteiger partial charge on any atom is -0.484 e. The number of nitrogens with zero attached hydrogens (tertiary/aromatic N) is 2. The molecule has 0 bridgehead atoms. The van der Waals surface area contributed by atoms with Gasteiger partial charge in [-0.15, -0.1) is 0 Å². The van der Waals surface area contributed by atoms with E-state index in [-0.39, 0.29) is 29.6 Å². The third-order valence-corrected chi connectivity index (χ3v) is 4.79. The molecule has 3 aliphatic rings. The van der Waals surface area contributed by atoms with Crippen LogP contribution in [0.15, 0.2) is 24.3 Å². The fourth-order valence-corrected chi connectivity index (χ4v) is 3.31. The number of carbonyl (C=O) groups is 2. The van der Waals surface area contributed by atoms with Gasteiger partial charge in [-0.1, -0.05) is 12.1 Å². The quantitative estimate of drug-likeness (QED) is 0.844. The normalized spacial score (nSPS) is 24.7. The van der Waals surface area contributed by atoms with Crippen LogP contribution in [0, 0.1) is 11.7 Å². The Morgan fingerprint density at radius 1 is 1.17 bits per heavy atom. The van der Waals surface area contributed by atoms with Gasteiger partial charge in [0.15, 0.2) is 11.6 Å². The summed E-state index contributed by atoms with van der Waals surface area (Å²) in [5.41, 5.74) is 0. The zero-order chi connectivity index (χ0) is 16.0. The maximum absolute atomic E-state index is 13.5. The Morgan fingerprint density at radius 3 is 2.61 bits per heavy atom. The van der Waals surface area contributed by atoms with Gasteiger partial charge < -0.3 is 14.5 Å². The first-order chi connectivity index (χ1) is 11.1. The molecule has 4 rings (SSSR count). The molecule has 1 aromatic carbocycles. The molecule has 2 amide bonds. The van der Waals surface area contributed by atoms with Crippen molar-refractivity contribution in [3.05, 3.63) is 30.1 Å². The second kappa shape index (κ2) is 5.51. The first-order valence-electron chi connectivity index (χ1n) is 8.11. The molecule has 3 fully saturated rings. The topological polar surface area (TPSA) is 49.9 Å². The van der Waals surface area contributed by atoms with Crippen molar-refractivity contribution in [2.75, 3.05) is 19.6 Å². The van der Waals surface area contributed by atoms with Crippen LogP contribution >= 0.6 is 0 Å². The molecule has 0 N–H and O–H groups in total. The number of likely N-dealkylation sites (tertiary alicyclic amines) is 2. The molecule has 6 heteroatoms. The molecule has 1 aliphatic carbocycles. The Bertz CT molecular complexity index is 640. The number of hydrogen-bond acceptors (Lipinski definition) is 3. The van der Waals surface area contributed by atoms with E-state index in [0.29, 0.717) is 32.1 Å². The highest BCUT2D eigenvalue weighted by Gasteiger charge is 2.45. The second-order valence-electron chi connectivity index (χ2n) is 6.59. The average Bonchev–Trinajstić information content (AvgIpc) is 3.26. The van der Waals surface area contributed by atoms with E-state index in [4.69, 9.17) is 4.74 Å². The summed E-state index contributed by atoms with van der Waals surface area (Å²) in [6, 6.07) is 6.64. The fourth-order valence-electron chi connectivity index (χ4n) is 3.31. The Balaban J connectivity index is 1.29. The van der Waals surface area contributed by atoms with Crippen LogP contribution in [-0.2, 0) is 9.59 Å². The Hall–Kier alpha value is -2.11. The predicted molar refractivity (Wildman–Crippen MR) is 80.2 cm³/mol. The van der Waals surface area contributed by atoms with Gasteiger partial charge in [0.05, 0.1) is 19.0 Å². The van der Waals surface area contributed by atoms with Crippen LogP contribution in [0.2, 0.25) is 0 Å². The second-order valence-corrected chi connectivity index (χ2v) is 6.59. The maximum atomic E-state index is 13.5. The molecule has 2 aliphatic heterocycles. The van der Waals surface area contributed by atoms with Crippen molar-refractivity contribution in [2.24, 2.45) is 5.92 Å². The van der Waals surface area contributed by atoms with Gasteiger partial charge in [0.1, 0.15) is 6.10 Å². The predicted octanol–water partition coefficient (Wildman–Crippen LogP) is 1.43. The van der Waals surface area contributed by atoms with Crippen LogP contribution in [0.3, 0.4) is 0 Å². The van der Waals surface area contributed by atoms with Crippen LogP contribution in [0.25, 0.3) is 0 Å². The molecule has 1 atom stereocenters. The van der Waals surface area contributed by atoms with Gasteiger partial charge in [0.25, 0.3) is 0 Å². The van der Waals surface area contributed by atoms with E-state index < -0.39 is 5.82 Å². The lowest BCUT2D eigenvalue weighted by Crippen LogP contribution is -2.57. The number of amides is 2. The molecule has 0 radical (unpaired) electrons. The highest BCUT2D eigenvalue weighted by atomic mass is 19.1. The van der Waals surface area contributed by atoms with Gasteiger partial charge in [-0.05, 0) is 25.0 Å². The minimum atomic E-state index is -0.390. The van der Waals surface area contributed by atoms with Crippen LogP contribution in [-0.4, -0.2) is 53.4 Å². The molecular weight excluding hydrogens is 299 g/mol. The SMILES string of the molecule is O=C(C1CC(=O)N(C2CC2)C1)N1CC(Oc2ccccc2F)C1. The summed E-state index contributed by atoms with van der Waals surface area (Å²) < 4.78 is 19.1. The van der Waals surface area contributed by atoms with Crippen molar-refractivity contribution in [1.29, 1.82) is 0 Å². The fraction of sp³-hybridized carbons (Fsp3) is 0.529. The molecule has 5 nitrogen and oxygen atoms in total. The van der Waals surface area contributed by atoms with E-state index in [0.717, 1.165) is 12.8 Å². The lowest BCUT2D eigenvalue weighted by atomic mass is 10.0. The van der Waals surface area contributed by atoms with E-state index >= 15 is 0 Å². The van der Waals surface area contributed by atoms with Crippen molar-refractivity contribution < 1.29 is 18.7 Å². The molecule has 23 heavy (non-hydrogen) atoms. The minimum absolute atomic E-state index is 0.0230. The Kier molecular flexibility index (Phi) is 3.47. The third-order valence-electron chi connectivity index (χ3n) is 4.79. The van der Waals surface area contributed by atoms with E-state index in [1.165, 1.54) is 6.07 Å². The standard InChI is InChI=1S/C17H19FN2O3/c18-14-3-1-2-4-15(14)23-13-9-19(10-13)17(22)11-7-16(21)20(8-11)12-5-6-12/h1-4,11-13H,5-10H2. The lowest BCUT2D eigenvalue weighted by Gasteiger charge is -2.40. The smallest absolute Gasteiger partial charge is 0.228 e. The number of carbonyl (C=O) groups excluding carboxylic acids is 2. The van der Waals surface area contributed by atoms with Crippen LogP contribution < -0.4 is 4.74 Å². The Morgan fingerprint density at radius 2 is 1.91 bits per heavy atom. The number of para-hydroxylation sites is 1. The number of rotatable bonds is 4. The summed E-state index contributed by atoms with van der Waals surface area (Å²) in [4.78, 5) is 27.9. The van der Waals surface area contributed by atoms with Gasteiger partial charge in [-0.2, -0.15) is 0 Å². The van der Waals surface area contributed by atoms with E-state index in [2.05, 4.69) is 0 Å².